The van der Waals surface area contributed by atoms with Crippen LogP contribution in [0.4, 0.5) is 0 Å². The Morgan fingerprint density at radius 1 is 1.04 bits per heavy atom. The van der Waals surface area contributed by atoms with Gasteiger partial charge in [-0.1, -0.05) is 19.4 Å². The minimum atomic E-state index is -2.34. The number of Topliss-reactive ketones (excluding diaryl/α,β-unsaturated/α-hetero) is 1. The van der Waals surface area contributed by atoms with Gasteiger partial charge < -0.3 is 59.1 Å². The van der Waals surface area contributed by atoms with E-state index in [0.717, 1.165) is 13.2 Å². The monoisotopic (exact) mass is 682 g/mol. The van der Waals surface area contributed by atoms with Gasteiger partial charge in [0.15, 0.2) is 11.5 Å². The molecular weight excluding hydrogens is 640 g/mol. The van der Waals surface area contributed by atoms with Crippen molar-refractivity contribution >= 4 is 23.7 Å². The van der Waals surface area contributed by atoms with E-state index in [1.165, 1.54) is 6.08 Å². The number of aliphatic hydroxyl groups is 6. The molecule has 16 atom stereocenters. The molecule has 266 valence electrons. The fourth-order valence-corrected chi connectivity index (χ4v) is 9.57. The number of hydrogen-bond donors (Lipinski definition) is 6. The molecule has 3 aliphatic carbocycles. The molecule has 6 N–H and O–H groups in total. The normalized spacial score (nSPS) is 49.1. The zero-order valence-corrected chi connectivity index (χ0v) is 27.0. The van der Waals surface area contributed by atoms with E-state index < -0.39 is 126 Å². The number of esters is 3. The van der Waals surface area contributed by atoms with Gasteiger partial charge in [-0.25, -0.2) is 14.4 Å². The number of carbonyl (C=O) groups excluding carboxylic acids is 4. The number of carbonyl (C=O) groups is 4. The highest BCUT2D eigenvalue weighted by molar-refractivity contribution is 5.97. The molecular formula is C32H42O16. The second kappa shape index (κ2) is 11.8. The zero-order valence-electron chi connectivity index (χ0n) is 27.0. The van der Waals surface area contributed by atoms with Gasteiger partial charge in [0, 0.05) is 23.3 Å². The van der Waals surface area contributed by atoms with Crippen molar-refractivity contribution in [3.05, 3.63) is 23.5 Å². The Balaban J connectivity index is 1.48. The molecule has 0 aromatic carbocycles. The Kier molecular flexibility index (Phi) is 8.60. The average molecular weight is 683 g/mol. The lowest BCUT2D eigenvalue weighted by Crippen LogP contribution is -2.79. The number of rotatable bonds is 6. The predicted molar refractivity (Wildman–Crippen MR) is 155 cm³/mol. The van der Waals surface area contributed by atoms with Crippen LogP contribution in [0.1, 0.15) is 34.1 Å². The minimum absolute atomic E-state index is 0.0457. The molecule has 1 spiro atoms. The number of hydrogen-bond acceptors (Lipinski definition) is 16. The molecule has 16 heteroatoms. The molecule has 5 fully saturated rings. The fourth-order valence-electron chi connectivity index (χ4n) is 9.57. The number of ketones is 1. The maximum atomic E-state index is 13.8. The molecule has 6 rings (SSSR count). The highest BCUT2D eigenvalue weighted by Crippen LogP contribution is 2.72. The summed E-state index contributed by atoms with van der Waals surface area (Å²) in [6, 6.07) is 0. The molecule has 0 aromatic rings. The summed E-state index contributed by atoms with van der Waals surface area (Å²) >= 11 is 0. The summed E-state index contributed by atoms with van der Waals surface area (Å²) in [6.07, 6.45) is -12.2. The average Bonchev–Trinajstić information content (AvgIpc) is 3.34. The zero-order chi connectivity index (χ0) is 35.2. The van der Waals surface area contributed by atoms with Gasteiger partial charge in [-0.15, -0.1) is 0 Å². The molecule has 0 aromatic heterocycles. The first kappa shape index (κ1) is 34.9. The van der Waals surface area contributed by atoms with Gasteiger partial charge in [0.1, 0.15) is 36.6 Å². The van der Waals surface area contributed by atoms with Crippen LogP contribution in [0.25, 0.3) is 0 Å². The summed E-state index contributed by atoms with van der Waals surface area (Å²) in [5.74, 6) is -7.86. The van der Waals surface area contributed by atoms with Gasteiger partial charge >= 0.3 is 17.9 Å². The van der Waals surface area contributed by atoms with Gasteiger partial charge in [0.05, 0.1) is 32.3 Å². The van der Waals surface area contributed by atoms with Gasteiger partial charge in [0.25, 0.3) is 0 Å². The molecule has 3 heterocycles. The molecule has 48 heavy (non-hydrogen) atoms. The van der Waals surface area contributed by atoms with E-state index >= 15 is 0 Å². The third-order valence-electron chi connectivity index (χ3n) is 11.6. The number of aliphatic hydroxyl groups excluding tert-OH is 6. The van der Waals surface area contributed by atoms with E-state index in [9.17, 15) is 49.8 Å². The SMILES string of the molecule is COC(=O)[C@]12OC[C@]34[C@H]([C@@H](O)[C@@H]1O)[C@@]1(C)C=C(O[C@@H]5O[C@H](CO)[C@@H](O)[C@H](O)[C@H]5O)C(=O)[C@@H](C)[C@@H]1C[C@H]3OC(=O)[C@H](OC(=O)C=C(C)C)[C@@H]24. The topological polar surface area (TPSA) is 245 Å². The van der Waals surface area contributed by atoms with Gasteiger partial charge in [-0.2, -0.15) is 0 Å². The molecule has 6 aliphatic rings. The van der Waals surface area contributed by atoms with Crippen molar-refractivity contribution in [2.75, 3.05) is 20.3 Å². The highest BCUT2D eigenvalue weighted by atomic mass is 16.7. The van der Waals surface area contributed by atoms with Crippen LogP contribution >= 0.6 is 0 Å². The van der Waals surface area contributed by atoms with Gasteiger partial charge in [-0.05, 0) is 37.7 Å². The summed E-state index contributed by atoms with van der Waals surface area (Å²) in [4.78, 5) is 53.9. The van der Waals surface area contributed by atoms with Crippen molar-refractivity contribution < 1.29 is 78.2 Å². The first-order valence-corrected chi connectivity index (χ1v) is 15.9. The van der Waals surface area contributed by atoms with E-state index in [2.05, 4.69) is 0 Å². The van der Waals surface area contributed by atoms with Crippen LogP contribution in [-0.2, 0) is 47.6 Å². The van der Waals surface area contributed by atoms with Crippen LogP contribution in [0, 0.1) is 34.5 Å². The Morgan fingerprint density at radius 2 is 1.73 bits per heavy atom. The van der Waals surface area contributed by atoms with E-state index in [-0.39, 0.29) is 18.8 Å². The minimum Gasteiger partial charge on any atom is -0.467 e. The summed E-state index contributed by atoms with van der Waals surface area (Å²) in [6.45, 7) is 5.53. The smallest absolute Gasteiger partial charge is 0.348 e. The van der Waals surface area contributed by atoms with E-state index in [1.54, 1.807) is 27.7 Å². The van der Waals surface area contributed by atoms with Crippen LogP contribution in [0.5, 0.6) is 0 Å². The second-order valence-electron chi connectivity index (χ2n) is 14.3. The maximum Gasteiger partial charge on any atom is 0.348 e. The number of methoxy groups -OCH3 is 1. The quantitative estimate of drug-likeness (QED) is 0.0974. The second-order valence-corrected chi connectivity index (χ2v) is 14.3. The standard InChI is InChI=1S/C32H42O16/c1-11(2)6-17(34)48-23-25-31-10-44-32(25,29(42)43-5)26(40)22(39)24(31)30(4)8-14(18(35)12(3)13(30)7-16(31)47-27(23)41)45-28-21(38)20(37)19(36)15(9-33)46-28/h6,8,12-13,15-16,19-26,28,33,36-40H,7,9-10H2,1-5H3/t12-,13-,15+,16+,19+,20-,21+,22+,23+,24+,25+,26-,28+,30-,31+,32+/m0/s1. The number of allylic oxidation sites excluding steroid dienone is 3. The summed E-state index contributed by atoms with van der Waals surface area (Å²) < 4.78 is 34.1. The Hall–Kier alpha value is -2.96. The first-order chi connectivity index (χ1) is 22.5. The first-order valence-electron chi connectivity index (χ1n) is 15.9. The Labute approximate surface area is 275 Å². The molecule has 0 radical (unpaired) electrons. The van der Waals surface area contributed by atoms with Crippen LogP contribution in [0.2, 0.25) is 0 Å². The van der Waals surface area contributed by atoms with Crippen LogP contribution < -0.4 is 0 Å². The van der Waals surface area contributed by atoms with Crippen molar-refractivity contribution in [3.63, 3.8) is 0 Å². The number of ether oxygens (including phenoxy) is 6. The van der Waals surface area contributed by atoms with E-state index in [1.807, 2.05) is 0 Å². The predicted octanol–water partition coefficient (Wildman–Crippen LogP) is -2.37. The molecule has 3 saturated heterocycles. The summed E-state index contributed by atoms with van der Waals surface area (Å²) in [7, 11) is 1.05. The van der Waals surface area contributed by atoms with Crippen molar-refractivity contribution in [2.45, 2.75) is 94.8 Å². The van der Waals surface area contributed by atoms with Crippen LogP contribution in [-0.4, -0.2) is 135 Å². The summed E-state index contributed by atoms with van der Waals surface area (Å²) in [5.41, 5.74) is -4.52. The summed E-state index contributed by atoms with van der Waals surface area (Å²) in [5, 5.41) is 64.6. The molecule has 16 nitrogen and oxygen atoms in total. The van der Waals surface area contributed by atoms with Crippen molar-refractivity contribution in [1.29, 1.82) is 0 Å². The van der Waals surface area contributed by atoms with Crippen molar-refractivity contribution in [2.24, 2.45) is 34.5 Å². The molecule has 0 amide bonds. The van der Waals surface area contributed by atoms with Crippen molar-refractivity contribution in [3.8, 4) is 0 Å². The Morgan fingerprint density at radius 3 is 2.35 bits per heavy atom. The highest BCUT2D eigenvalue weighted by Gasteiger charge is 2.85. The van der Waals surface area contributed by atoms with E-state index in [4.69, 9.17) is 28.4 Å². The van der Waals surface area contributed by atoms with Crippen LogP contribution in [0.15, 0.2) is 23.5 Å². The lowest BCUT2D eigenvalue weighted by molar-refractivity contribution is -0.296. The van der Waals surface area contributed by atoms with Crippen LogP contribution in [0.3, 0.4) is 0 Å². The van der Waals surface area contributed by atoms with E-state index in [0.29, 0.717) is 5.57 Å². The molecule has 2 saturated carbocycles. The largest absolute Gasteiger partial charge is 0.467 e. The maximum absolute atomic E-state index is 13.8. The molecule has 2 bridgehead atoms. The van der Waals surface area contributed by atoms with Gasteiger partial charge in [-0.3, -0.25) is 4.79 Å². The third-order valence-corrected chi connectivity index (χ3v) is 11.6. The molecule has 3 aliphatic heterocycles. The van der Waals surface area contributed by atoms with Crippen molar-refractivity contribution in [1.82, 2.24) is 0 Å². The lowest BCUT2D eigenvalue weighted by Gasteiger charge is -2.67. The fraction of sp³-hybridized carbons (Fsp3) is 0.750. The Bertz CT molecular complexity index is 1440. The number of fused-ring (bicyclic) bond motifs is 2. The molecule has 0 unspecified atom stereocenters. The third kappa shape index (κ3) is 4.57. The lowest BCUT2D eigenvalue weighted by atomic mass is 9.38. The van der Waals surface area contributed by atoms with Gasteiger partial charge in [0.2, 0.25) is 18.0 Å².